The van der Waals surface area contributed by atoms with Crippen LogP contribution in [0, 0.1) is 0 Å². The van der Waals surface area contributed by atoms with Crippen LogP contribution in [0.4, 0.5) is 0 Å². The van der Waals surface area contributed by atoms with E-state index < -0.39 is 5.97 Å². The Morgan fingerprint density at radius 1 is 1.54 bits per heavy atom. The van der Waals surface area contributed by atoms with Crippen LogP contribution >= 0.6 is 27.5 Å². The zero-order valence-corrected chi connectivity index (χ0v) is 8.72. The monoisotopic (exact) mass is 257 g/mol. The molecule has 1 aromatic carbocycles. The molecule has 2 aromatic rings. The summed E-state index contributed by atoms with van der Waals surface area (Å²) in [7, 11) is 0. The van der Waals surface area contributed by atoms with E-state index in [4.69, 9.17) is 5.11 Å². The molecule has 66 valence electrons. The van der Waals surface area contributed by atoms with Gasteiger partial charge >= 0.3 is 5.97 Å². The minimum Gasteiger partial charge on any atom is -0.478 e. The Balaban J connectivity index is 2.84. The van der Waals surface area contributed by atoms with Gasteiger partial charge in [-0.3, -0.25) is 0 Å². The van der Waals surface area contributed by atoms with Crippen molar-refractivity contribution in [3.05, 3.63) is 28.4 Å². The maximum absolute atomic E-state index is 10.8. The maximum atomic E-state index is 10.8. The number of carboxylic acid groups (broad SMARTS) is 1. The molecule has 0 amide bonds. The lowest BCUT2D eigenvalue weighted by molar-refractivity contribution is 0.0699. The molecule has 0 saturated carbocycles. The van der Waals surface area contributed by atoms with E-state index in [9.17, 15) is 4.79 Å². The third-order valence-corrected chi connectivity index (χ3v) is 2.96. The molecule has 13 heavy (non-hydrogen) atoms. The van der Waals surface area contributed by atoms with E-state index in [1.165, 1.54) is 11.5 Å². The van der Waals surface area contributed by atoms with Crippen LogP contribution in [0.2, 0.25) is 0 Å². The van der Waals surface area contributed by atoms with Crippen molar-refractivity contribution >= 4 is 43.5 Å². The number of carboxylic acids is 1. The molecule has 0 saturated heterocycles. The lowest BCUT2D eigenvalue weighted by Gasteiger charge is -1.96. The SMILES string of the molecule is O=C(O)c1cc(Br)cc2cnsc12. The Bertz CT molecular complexity index is 480. The first kappa shape index (κ1) is 8.65. The number of aromatic carboxylic acids is 1. The summed E-state index contributed by atoms with van der Waals surface area (Å²) in [5.41, 5.74) is 0.298. The molecule has 1 heterocycles. The van der Waals surface area contributed by atoms with Crippen LogP contribution in [0.25, 0.3) is 10.1 Å². The van der Waals surface area contributed by atoms with Gasteiger partial charge in [0.15, 0.2) is 0 Å². The molecule has 1 N–H and O–H groups in total. The van der Waals surface area contributed by atoms with Crippen LogP contribution in [-0.2, 0) is 0 Å². The molecule has 1 aromatic heterocycles. The Labute approximate surface area is 86.3 Å². The number of hydrogen-bond acceptors (Lipinski definition) is 3. The molecule has 5 heteroatoms. The van der Waals surface area contributed by atoms with Crippen molar-refractivity contribution in [2.45, 2.75) is 0 Å². The van der Waals surface area contributed by atoms with Gasteiger partial charge in [-0.05, 0) is 23.7 Å². The number of halogens is 1. The quantitative estimate of drug-likeness (QED) is 0.855. The Morgan fingerprint density at radius 2 is 2.31 bits per heavy atom. The van der Waals surface area contributed by atoms with Crippen LogP contribution in [0.3, 0.4) is 0 Å². The second kappa shape index (κ2) is 3.08. The van der Waals surface area contributed by atoms with Gasteiger partial charge < -0.3 is 5.11 Å². The Morgan fingerprint density at radius 3 is 3.00 bits per heavy atom. The van der Waals surface area contributed by atoms with Crippen molar-refractivity contribution < 1.29 is 9.90 Å². The molecule has 0 spiro atoms. The van der Waals surface area contributed by atoms with Gasteiger partial charge in [0.05, 0.1) is 10.3 Å². The van der Waals surface area contributed by atoms with Gasteiger partial charge in [0.2, 0.25) is 0 Å². The molecule has 0 unspecified atom stereocenters. The van der Waals surface area contributed by atoms with Gasteiger partial charge in [0, 0.05) is 16.1 Å². The van der Waals surface area contributed by atoms with Gasteiger partial charge in [0.1, 0.15) is 0 Å². The number of benzene rings is 1. The molecule has 0 fully saturated rings. The first-order valence-corrected chi connectivity index (χ1v) is 5.02. The summed E-state index contributed by atoms with van der Waals surface area (Å²) in [6.45, 7) is 0. The van der Waals surface area contributed by atoms with Crippen molar-refractivity contribution in [2.24, 2.45) is 0 Å². The molecule has 0 radical (unpaired) electrons. The molecule has 0 aliphatic carbocycles. The average molecular weight is 258 g/mol. The summed E-state index contributed by atoms with van der Waals surface area (Å²) >= 11 is 4.45. The van der Waals surface area contributed by atoms with E-state index >= 15 is 0 Å². The van der Waals surface area contributed by atoms with Crippen molar-refractivity contribution in [1.82, 2.24) is 4.37 Å². The van der Waals surface area contributed by atoms with E-state index in [1.807, 2.05) is 6.07 Å². The fourth-order valence-corrected chi connectivity index (χ4v) is 2.32. The van der Waals surface area contributed by atoms with E-state index in [-0.39, 0.29) is 0 Å². The molecule has 0 aliphatic rings. The normalized spacial score (nSPS) is 10.5. The molecular weight excluding hydrogens is 254 g/mol. The predicted molar refractivity (Wildman–Crippen MR) is 54.3 cm³/mol. The maximum Gasteiger partial charge on any atom is 0.337 e. The molecular formula is C8H4BrNO2S. The Hall–Kier alpha value is -0.940. The van der Waals surface area contributed by atoms with Gasteiger partial charge in [-0.15, -0.1) is 0 Å². The van der Waals surface area contributed by atoms with Gasteiger partial charge in [-0.25, -0.2) is 4.79 Å². The minimum atomic E-state index is -0.921. The fraction of sp³-hybridized carbons (Fsp3) is 0. The first-order chi connectivity index (χ1) is 6.18. The van der Waals surface area contributed by atoms with Gasteiger partial charge in [-0.1, -0.05) is 15.9 Å². The van der Waals surface area contributed by atoms with Gasteiger partial charge in [-0.2, -0.15) is 4.37 Å². The zero-order chi connectivity index (χ0) is 9.42. The number of aromatic nitrogens is 1. The summed E-state index contributed by atoms with van der Waals surface area (Å²) in [4.78, 5) is 10.8. The van der Waals surface area contributed by atoms with E-state index in [0.717, 1.165) is 14.6 Å². The van der Waals surface area contributed by atoms with Crippen LogP contribution in [0.1, 0.15) is 10.4 Å². The summed E-state index contributed by atoms with van der Waals surface area (Å²) < 4.78 is 5.42. The summed E-state index contributed by atoms with van der Waals surface area (Å²) in [6.07, 6.45) is 1.66. The highest BCUT2D eigenvalue weighted by Gasteiger charge is 2.11. The number of carbonyl (C=O) groups is 1. The molecule has 0 aliphatic heterocycles. The van der Waals surface area contributed by atoms with Crippen LogP contribution in [-0.4, -0.2) is 15.4 Å². The smallest absolute Gasteiger partial charge is 0.337 e. The molecule has 2 rings (SSSR count). The third kappa shape index (κ3) is 1.45. The van der Waals surface area contributed by atoms with E-state index in [1.54, 1.807) is 12.3 Å². The first-order valence-electron chi connectivity index (χ1n) is 3.45. The molecule has 0 atom stereocenters. The highest BCUT2D eigenvalue weighted by molar-refractivity contribution is 9.10. The van der Waals surface area contributed by atoms with Crippen molar-refractivity contribution in [1.29, 1.82) is 0 Å². The van der Waals surface area contributed by atoms with Crippen LogP contribution in [0.5, 0.6) is 0 Å². The number of rotatable bonds is 1. The topological polar surface area (TPSA) is 50.2 Å². The minimum absolute atomic E-state index is 0.298. The lowest BCUT2D eigenvalue weighted by Crippen LogP contribution is -1.95. The summed E-state index contributed by atoms with van der Waals surface area (Å²) in [5, 5.41) is 9.74. The number of hydrogen-bond donors (Lipinski definition) is 1. The number of fused-ring (bicyclic) bond motifs is 1. The number of nitrogens with zero attached hydrogens (tertiary/aromatic N) is 1. The lowest BCUT2D eigenvalue weighted by atomic mass is 10.2. The van der Waals surface area contributed by atoms with E-state index in [0.29, 0.717) is 5.56 Å². The Kier molecular flexibility index (Phi) is 2.05. The molecule has 0 bridgehead atoms. The van der Waals surface area contributed by atoms with Crippen molar-refractivity contribution in [3.63, 3.8) is 0 Å². The van der Waals surface area contributed by atoms with Crippen molar-refractivity contribution in [2.75, 3.05) is 0 Å². The summed E-state index contributed by atoms with van der Waals surface area (Å²) in [5.74, 6) is -0.921. The second-order valence-electron chi connectivity index (χ2n) is 2.50. The highest BCUT2D eigenvalue weighted by Crippen LogP contribution is 2.26. The average Bonchev–Trinajstić information content (AvgIpc) is 2.49. The largest absolute Gasteiger partial charge is 0.478 e. The zero-order valence-electron chi connectivity index (χ0n) is 6.32. The summed E-state index contributed by atoms with van der Waals surface area (Å²) in [6, 6.07) is 3.44. The highest BCUT2D eigenvalue weighted by atomic mass is 79.9. The molecule has 3 nitrogen and oxygen atoms in total. The second-order valence-corrected chi connectivity index (χ2v) is 4.22. The van der Waals surface area contributed by atoms with Crippen LogP contribution in [0.15, 0.2) is 22.8 Å². The van der Waals surface area contributed by atoms with Gasteiger partial charge in [0.25, 0.3) is 0 Å². The van der Waals surface area contributed by atoms with Crippen molar-refractivity contribution in [3.8, 4) is 0 Å². The predicted octanol–water partition coefficient (Wildman–Crippen LogP) is 2.76. The fourth-order valence-electron chi connectivity index (χ4n) is 1.11. The van der Waals surface area contributed by atoms with Crippen LogP contribution < -0.4 is 0 Å². The van der Waals surface area contributed by atoms with E-state index in [2.05, 4.69) is 20.3 Å². The third-order valence-electron chi connectivity index (χ3n) is 1.65. The standard InChI is InChI=1S/C8H4BrNO2S/c9-5-1-4-3-10-13-7(4)6(2-5)8(11)12/h1-3H,(H,11,12).